The van der Waals surface area contributed by atoms with Gasteiger partial charge in [0.1, 0.15) is 5.60 Å². The molecular weight excluding hydrogens is 176 g/mol. The Hall–Kier alpha value is -0.890. The number of carbonyl (C=O) groups excluding carboxylic acids is 1. The van der Waals surface area contributed by atoms with E-state index in [0.717, 1.165) is 25.7 Å². The number of hydrogen-bond donors (Lipinski definition) is 0. The molecule has 78 valence electrons. The molecule has 0 spiro atoms. The van der Waals surface area contributed by atoms with Gasteiger partial charge in [0.2, 0.25) is 0 Å². The second-order valence-corrected chi connectivity index (χ2v) is 3.65. The Morgan fingerprint density at radius 3 is 2.79 bits per heavy atom. The van der Waals surface area contributed by atoms with Gasteiger partial charge in [-0.2, -0.15) is 0 Å². The maximum Gasteiger partial charge on any atom is 0.168 e. The predicted octanol–water partition coefficient (Wildman–Crippen LogP) is 2.65. The SMILES string of the molecule is C=CCCCOC1(C=C)CCCC1=O. The lowest BCUT2D eigenvalue weighted by Crippen LogP contribution is -2.34. The van der Waals surface area contributed by atoms with Crippen LogP contribution in [0.5, 0.6) is 0 Å². The van der Waals surface area contributed by atoms with Gasteiger partial charge in [0.05, 0.1) is 0 Å². The lowest BCUT2D eigenvalue weighted by Gasteiger charge is -2.23. The third-order valence-corrected chi connectivity index (χ3v) is 2.67. The molecule has 0 bridgehead atoms. The van der Waals surface area contributed by atoms with Gasteiger partial charge in [-0.15, -0.1) is 6.58 Å². The second-order valence-electron chi connectivity index (χ2n) is 3.65. The molecule has 14 heavy (non-hydrogen) atoms. The van der Waals surface area contributed by atoms with Gasteiger partial charge in [-0.3, -0.25) is 4.79 Å². The summed E-state index contributed by atoms with van der Waals surface area (Å²) in [5, 5.41) is 0. The van der Waals surface area contributed by atoms with E-state index in [2.05, 4.69) is 13.2 Å². The van der Waals surface area contributed by atoms with Crippen LogP contribution in [-0.4, -0.2) is 18.0 Å². The fraction of sp³-hybridized carbons (Fsp3) is 0.583. The lowest BCUT2D eigenvalue weighted by molar-refractivity contribution is -0.134. The second kappa shape index (κ2) is 5.11. The average Bonchev–Trinajstić information content (AvgIpc) is 2.56. The molecule has 0 saturated heterocycles. The van der Waals surface area contributed by atoms with Gasteiger partial charge in [0, 0.05) is 13.0 Å². The Morgan fingerprint density at radius 2 is 2.29 bits per heavy atom. The highest BCUT2D eigenvalue weighted by atomic mass is 16.5. The summed E-state index contributed by atoms with van der Waals surface area (Å²) in [5.74, 6) is 0.186. The third kappa shape index (κ3) is 2.32. The van der Waals surface area contributed by atoms with Crippen molar-refractivity contribution < 1.29 is 9.53 Å². The van der Waals surface area contributed by atoms with Crippen LogP contribution in [-0.2, 0) is 9.53 Å². The molecule has 1 saturated carbocycles. The minimum atomic E-state index is -0.666. The van der Waals surface area contributed by atoms with Crippen LogP contribution < -0.4 is 0 Å². The van der Waals surface area contributed by atoms with E-state index in [1.165, 1.54) is 0 Å². The van der Waals surface area contributed by atoms with Crippen LogP contribution in [0.15, 0.2) is 25.3 Å². The monoisotopic (exact) mass is 194 g/mol. The van der Waals surface area contributed by atoms with Gasteiger partial charge in [-0.1, -0.05) is 18.7 Å². The molecule has 1 rings (SSSR count). The summed E-state index contributed by atoms with van der Waals surface area (Å²) in [7, 11) is 0. The van der Waals surface area contributed by atoms with Crippen LogP contribution >= 0.6 is 0 Å². The van der Waals surface area contributed by atoms with Crippen LogP contribution in [0.4, 0.5) is 0 Å². The Balaban J connectivity index is 2.41. The molecule has 1 aliphatic rings. The molecule has 0 heterocycles. The highest BCUT2D eigenvalue weighted by Crippen LogP contribution is 2.31. The predicted molar refractivity (Wildman–Crippen MR) is 57.2 cm³/mol. The molecule has 1 unspecified atom stereocenters. The maximum absolute atomic E-state index is 11.6. The summed E-state index contributed by atoms with van der Waals surface area (Å²) in [4.78, 5) is 11.6. The van der Waals surface area contributed by atoms with Crippen molar-refractivity contribution in [3.05, 3.63) is 25.3 Å². The molecule has 0 aromatic heterocycles. The van der Waals surface area contributed by atoms with Gasteiger partial charge >= 0.3 is 0 Å². The number of ether oxygens (including phenoxy) is 1. The number of Topliss-reactive ketones (excluding diaryl/α,β-unsaturated/α-hetero) is 1. The van der Waals surface area contributed by atoms with E-state index in [9.17, 15) is 4.79 Å². The highest BCUT2D eigenvalue weighted by Gasteiger charge is 2.39. The van der Waals surface area contributed by atoms with Crippen LogP contribution in [0, 0.1) is 0 Å². The maximum atomic E-state index is 11.6. The summed E-state index contributed by atoms with van der Waals surface area (Å²) >= 11 is 0. The molecule has 0 N–H and O–H groups in total. The summed E-state index contributed by atoms with van der Waals surface area (Å²) < 4.78 is 5.64. The van der Waals surface area contributed by atoms with Crippen LogP contribution in [0.2, 0.25) is 0 Å². The molecule has 0 aliphatic heterocycles. The van der Waals surface area contributed by atoms with E-state index in [1.807, 2.05) is 6.08 Å². The average molecular weight is 194 g/mol. The number of carbonyl (C=O) groups is 1. The van der Waals surface area contributed by atoms with Gasteiger partial charge in [0.15, 0.2) is 5.78 Å². The summed E-state index contributed by atoms with van der Waals surface area (Å²) in [6.45, 7) is 7.95. The number of allylic oxidation sites excluding steroid dienone is 1. The molecule has 2 nitrogen and oxygen atoms in total. The minimum Gasteiger partial charge on any atom is -0.363 e. The summed E-state index contributed by atoms with van der Waals surface area (Å²) in [5.41, 5.74) is -0.666. The topological polar surface area (TPSA) is 26.3 Å². The van der Waals surface area contributed by atoms with E-state index in [-0.39, 0.29) is 5.78 Å². The quantitative estimate of drug-likeness (QED) is 0.480. The lowest BCUT2D eigenvalue weighted by atomic mass is 10.0. The molecule has 0 radical (unpaired) electrons. The number of hydrogen-bond acceptors (Lipinski definition) is 2. The van der Waals surface area contributed by atoms with Crippen molar-refractivity contribution in [2.75, 3.05) is 6.61 Å². The molecule has 1 aliphatic carbocycles. The largest absolute Gasteiger partial charge is 0.363 e. The van der Waals surface area contributed by atoms with Crippen molar-refractivity contribution in [3.63, 3.8) is 0 Å². The molecule has 2 heteroatoms. The minimum absolute atomic E-state index is 0.186. The van der Waals surface area contributed by atoms with Gasteiger partial charge in [-0.05, 0) is 25.7 Å². The van der Waals surface area contributed by atoms with E-state index in [1.54, 1.807) is 6.08 Å². The molecule has 1 atom stereocenters. The van der Waals surface area contributed by atoms with E-state index < -0.39 is 5.60 Å². The number of rotatable bonds is 6. The zero-order valence-corrected chi connectivity index (χ0v) is 8.63. The van der Waals surface area contributed by atoms with Crippen molar-refractivity contribution in [3.8, 4) is 0 Å². The first-order chi connectivity index (χ1) is 6.75. The molecule has 0 aromatic carbocycles. The first-order valence-electron chi connectivity index (χ1n) is 5.17. The fourth-order valence-electron chi connectivity index (χ4n) is 1.77. The zero-order chi connectivity index (χ0) is 10.4. The van der Waals surface area contributed by atoms with Crippen molar-refractivity contribution in [2.45, 2.75) is 37.7 Å². The molecular formula is C12H18O2. The Labute approximate surface area is 85.6 Å². The molecule has 0 amide bonds. The van der Waals surface area contributed by atoms with E-state index >= 15 is 0 Å². The van der Waals surface area contributed by atoms with E-state index in [0.29, 0.717) is 13.0 Å². The Bertz CT molecular complexity index is 232. The van der Waals surface area contributed by atoms with Gasteiger partial charge in [0.25, 0.3) is 0 Å². The van der Waals surface area contributed by atoms with Crippen molar-refractivity contribution >= 4 is 5.78 Å². The van der Waals surface area contributed by atoms with Crippen molar-refractivity contribution in [1.82, 2.24) is 0 Å². The van der Waals surface area contributed by atoms with Crippen LogP contribution in [0.25, 0.3) is 0 Å². The fourth-order valence-corrected chi connectivity index (χ4v) is 1.77. The molecule has 0 aromatic rings. The smallest absolute Gasteiger partial charge is 0.168 e. The highest BCUT2D eigenvalue weighted by molar-refractivity contribution is 5.91. The number of unbranched alkanes of at least 4 members (excludes halogenated alkanes) is 1. The normalized spacial score (nSPS) is 26.4. The van der Waals surface area contributed by atoms with Gasteiger partial charge < -0.3 is 4.74 Å². The summed E-state index contributed by atoms with van der Waals surface area (Å²) in [6, 6.07) is 0. The first-order valence-corrected chi connectivity index (χ1v) is 5.17. The Kier molecular flexibility index (Phi) is 4.08. The van der Waals surface area contributed by atoms with Crippen LogP contribution in [0.3, 0.4) is 0 Å². The standard InChI is InChI=1S/C12H18O2/c1-3-5-6-10-14-12(4-2)9-7-8-11(12)13/h3-4H,1-2,5-10H2. The first kappa shape index (κ1) is 11.2. The van der Waals surface area contributed by atoms with Crippen molar-refractivity contribution in [1.29, 1.82) is 0 Å². The Morgan fingerprint density at radius 1 is 1.50 bits per heavy atom. The summed E-state index contributed by atoms with van der Waals surface area (Å²) in [6.07, 6.45) is 7.73. The van der Waals surface area contributed by atoms with Gasteiger partial charge in [-0.25, -0.2) is 0 Å². The zero-order valence-electron chi connectivity index (χ0n) is 8.63. The third-order valence-electron chi connectivity index (χ3n) is 2.67. The molecule has 1 fully saturated rings. The van der Waals surface area contributed by atoms with Crippen LogP contribution in [0.1, 0.15) is 32.1 Å². The van der Waals surface area contributed by atoms with E-state index in [4.69, 9.17) is 4.74 Å². The number of ketones is 1. The van der Waals surface area contributed by atoms with Crippen molar-refractivity contribution in [2.24, 2.45) is 0 Å².